The molecule has 1 aliphatic carbocycles. The average molecular weight is 232 g/mol. The number of rotatable bonds is 5. The summed E-state index contributed by atoms with van der Waals surface area (Å²) in [6, 6.07) is 10.4. The van der Waals surface area contributed by atoms with E-state index >= 15 is 0 Å². The van der Waals surface area contributed by atoms with Crippen LogP contribution in [-0.4, -0.2) is 18.5 Å². The molecule has 1 aliphatic rings. The lowest BCUT2D eigenvalue weighted by molar-refractivity contribution is -0.126. The molecule has 3 N–H and O–H groups in total. The first kappa shape index (κ1) is 12.1. The van der Waals surface area contributed by atoms with Gasteiger partial charge in [-0.2, -0.15) is 0 Å². The molecule has 0 heterocycles. The fourth-order valence-corrected chi connectivity index (χ4v) is 2.07. The van der Waals surface area contributed by atoms with Crippen LogP contribution in [0.5, 0.6) is 0 Å². The van der Waals surface area contributed by atoms with E-state index in [2.05, 4.69) is 17.4 Å². The lowest BCUT2D eigenvalue weighted by atomic mass is 10.0. The van der Waals surface area contributed by atoms with Crippen LogP contribution in [0.3, 0.4) is 0 Å². The first-order valence-electron chi connectivity index (χ1n) is 6.21. The highest BCUT2D eigenvalue weighted by Crippen LogP contribution is 2.44. The van der Waals surface area contributed by atoms with Crippen molar-refractivity contribution in [3.63, 3.8) is 0 Å². The number of hydrogen-bond acceptors (Lipinski definition) is 2. The van der Waals surface area contributed by atoms with Gasteiger partial charge in [-0.05, 0) is 31.7 Å². The molecular weight excluding hydrogens is 212 g/mol. The van der Waals surface area contributed by atoms with Gasteiger partial charge in [0.15, 0.2) is 0 Å². The number of amides is 1. The predicted octanol–water partition coefficient (Wildman–Crippen LogP) is 1.47. The van der Waals surface area contributed by atoms with Crippen LogP contribution in [0.1, 0.15) is 25.3 Å². The van der Waals surface area contributed by atoms with Crippen LogP contribution in [0.15, 0.2) is 30.3 Å². The van der Waals surface area contributed by atoms with Gasteiger partial charge < -0.3 is 11.1 Å². The Hall–Kier alpha value is -1.35. The molecule has 1 amide bonds. The molecule has 1 saturated carbocycles. The highest BCUT2D eigenvalue weighted by Gasteiger charge is 2.48. The summed E-state index contributed by atoms with van der Waals surface area (Å²) in [5.41, 5.74) is 6.64. The Kier molecular flexibility index (Phi) is 3.48. The third-order valence-electron chi connectivity index (χ3n) is 3.49. The van der Waals surface area contributed by atoms with Crippen LogP contribution in [0.25, 0.3) is 0 Å². The van der Waals surface area contributed by atoms with Crippen molar-refractivity contribution < 1.29 is 4.79 Å². The molecule has 3 heteroatoms. The van der Waals surface area contributed by atoms with Gasteiger partial charge in [-0.3, -0.25) is 4.79 Å². The van der Waals surface area contributed by atoms with Gasteiger partial charge in [0.25, 0.3) is 0 Å². The van der Waals surface area contributed by atoms with Crippen molar-refractivity contribution >= 4 is 5.91 Å². The minimum Gasteiger partial charge on any atom is -0.353 e. The fourth-order valence-electron chi connectivity index (χ4n) is 2.07. The second-order valence-corrected chi connectivity index (χ2v) is 5.05. The van der Waals surface area contributed by atoms with E-state index in [4.69, 9.17) is 5.73 Å². The minimum atomic E-state index is -0.245. The van der Waals surface area contributed by atoms with Crippen LogP contribution >= 0.6 is 0 Å². The number of nitrogens with two attached hydrogens (primary N) is 1. The summed E-state index contributed by atoms with van der Waals surface area (Å²) in [6.07, 6.45) is 2.74. The maximum Gasteiger partial charge on any atom is 0.227 e. The molecule has 0 spiro atoms. The summed E-state index contributed by atoms with van der Waals surface area (Å²) < 4.78 is 0. The van der Waals surface area contributed by atoms with E-state index in [-0.39, 0.29) is 17.4 Å². The summed E-state index contributed by atoms with van der Waals surface area (Å²) in [7, 11) is 0. The molecule has 3 nitrogen and oxygen atoms in total. The smallest absolute Gasteiger partial charge is 0.227 e. The number of hydrogen-bond donors (Lipinski definition) is 2. The predicted molar refractivity (Wildman–Crippen MR) is 68.5 cm³/mol. The summed E-state index contributed by atoms with van der Waals surface area (Å²) >= 11 is 0. The van der Waals surface area contributed by atoms with Gasteiger partial charge in [0.1, 0.15) is 0 Å². The molecule has 92 valence electrons. The molecule has 0 saturated heterocycles. The first-order chi connectivity index (χ1) is 8.16. The molecule has 2 rings (SSSR count). The summed E-state index contributed by atoms with van der Waals surface area (Å²) in [5.74, 6) is 0.128. The summed E-state index contributed by atoms with van der Waals surface area (Å²) in [6.45, 7) is 2.51. The van der Waals surface area contributed by atoms with Crippen molar-refractivity contribution in [2.45, 2.75) is 32.2 Å². The quantitative estimate of drug-likeness (QED) is 0.807. The van der Waals surface area contributed by atoms with E-state index < -0.39 is 0 Å². The van der Waals surface area contributed by atoms with E-state index in [1.54, 1.807) is 0 Å². The zero-order chi connectivity index (χ0) is 12.3. The fraction of sp³-hybridized carbons (Fsp3) is 0.500. The minimum absolute atomic E-state index is 0.128. The monoisotopic (exact) mass is 232 g/mol. The van der Waals surface area contributed by atoms with Crippen LogP contribution in [0.4, 0.5) is 0 Å². The molecule has 1 unspecified atom stereocenters. The van der Waals surface area contributed by atoms with Crippen molar-refractivity contribution in [3.05, 3.63) is 35.9 Å². The Morgan fingerprint density at radius 3 is 2.59 bits per heavy atom. The molecule has 0 aromatic heterocycles. The van der Waals surface area contributed by atoms with Crippen LogP contribution in [0.2, 0.25) is 0 Å². The first-order valence-corrected chi connectivity index (χ1v) is 6.21. The summed E-state index contributed by atoms with van der Waals surface area (Å²) in [5, 5.41) is 3.06. The van der Waals surface area contributed by atoms with E-state index in [1.807, 2.05) is 25.1 Å². The third-order valence-corrected chi connectivity index (χ3v) is 3.49. The van der Waals surface area contributed by atoms with Gasteiger partial charge in [0.2, 0.25) is 5.91 Å². The number of carbonyl (C=O) groups is 1. The molecule has 1 atom stereocenters. The number of benzene rings is 1. The second-order valence-electron chi connectivity index (χ2n) is 5.05. The number of carbonyl (C=O) groups excluding carboxylic acids is 1. The molecule has 0 bridgehead atoms. The van der Waals surface area contributed by atoms with Crippen molar-refractivity contribution in [1.82, 2.24) is 5.32 Å². The van der Waals surface area contributed by atoms with Crippen LogP contribution in [-0.2, 0) is 11.2 Å². The van der Waals surface area contributed by atoms with Gasteiger partial charge in [-0.1, -0.05) is 30.3 Å². The number of nitrogens with one attached hydrogen (secondary N) is 1. The lowest BCUT2D eigenvalue weighted by Gasteiger charge is -2.18. The van der Waals surface area contributed by atoms with E-state index in [0.29, 0.717) is 6.54 Å². The van der Waals surface area contributed by atoms with Crippen molar-refractivity contribution in [2.75, 3.05) is 6.54 Å². The standard InChI is InChI=1S/C14H20N2O/c1-11(9-12-5-3-2-4-6-12)16-13(17)14(10-15)7-8-14/h2-6,11H,7-10,15H2,1H3,(H,16,17). The van der Waals surface area contributed by atoms with Crippen molar-refractivity contribution in [3.8, 4) is 0 Å². The van der Waals surface area contributed by atoms with Gasteiger partial charge in [0.05, 0.1) is 5.41 Å². The highest BCUT2D eigenvalue weighted by atomic mass is 16.2. The zero-order valence-corrected chi connectivity index (χ0v) is 10.3. The van der Waals surface area contributed by atoms with Crippen LogP contribution in [0, 0.1) is 5.41 Å². The Morgan fingerprint density at radius 2 is 2.06 bits per heavy atom. The van der Waals surface area contributed by atoms with Gasteiger partial charge in [-0.15, -0.1) is 0 Å². The Balaban J connectivity index is 1.86. The van der Waals surface area contributed by atoms with Gasteiger partial charge in [0, 0.05) is 12.6 Å². The van der Waals surface area contributed by atoms with Gasteiger partial charge >= 0.3 is 0 Å². The van der Waals surface area contributed by atoms with Crippen molar-refractivity contribution in [2.24, 2.45) is 11.1 Å². The average Bonchev–Trinajstić information content (AvgIpc) is 3.11. The van der Waals surface area contributed by atoms with E-state index in [9.17, 15) is 4.79 Å². The molecule has 1 aromatic rings. The van der Waals surface area contributed by atoms with E-state index in [1.165, 1.54) is 5.56 Å². The Labute approximate surface area is 102 Å². The highest BCUT2D eigenvalue weighted by molar-refractivity contribution is 5.85. The molecule has 17 heavy (non-hydrogen) atoms. The topological polar surface area (TPSA) is 55.1 Å². The van der Waals surface area contributed by atoms with Crippen molar-refractivity contribution in [1.29, 1.82) is 0 Å². The Morgan fingerprint density at radius 1 is 1.41 bits per heavy atom. The lowest BCUT2D eigenvalue weighted by Crippen LogP contribution is -2.42. The SMILES string of the molecule is CC(Cc1ccccc1)NC(=O)C1(CN)CC1. The third kappa shape index (κ3) is 2.86. The molecule has 0 aliphatic heterocycles. The molecule has 1 fully saturated rings. The van der Waals surface area contributed by atoms with E-state index in [0.717, 1.165) is 19.3 Å². The second kappa shape index (κ2) is 4.88. The van der Waals surface area contributed by atoms with Crippen LogP contribution < -0.4 is 11.1 Å². The van der Waals surface area contributed by atoms with Gasteiger partial charge in [-0.25, -0.2) is 0 Å². The maximum atomic E-state index is 12.0. The molecule has 1 aromatic carbocycles. The zero-order valence-electron chi connectivity index (χ0n) is 10.3. The molecule has 0 radical (unpaired) electrons. The molecular formula is C14H20N2O. The largest absolute Gasteiger partial charge is 0.353 e. The summed E-state index contributed by atoms with van der Waals surface area (Å²) in [4.78, 5) is 12.0. The Bertz CT molecular complexity index is 384. The normalized spacial score (nSPS) is 18.5. The maximum absolute atomic E-state index is 12.0.